The molecule has 2 aromatic rings. The second kappa shape index (κ2) is 10.9. The van der Waals surface area contributed by atoms with Gasteiger partial charge in [0.05, 0.1) is 12.5 Å². The van der Waals surface area contributed by atoms with Crippen molar-refractivity contribution in [2.75, 3.05) is 19.4 Å². The van der Waals surface area contributed by atoms with Crippen molar-refractivity contribution in [3.8, 4) is 5.75 Å². The Hall–Kier alpha value is -2.47. The third-order valence-electron chi connectivity index (χ3n) is 4.09. The Balaban J connectivity index is 1.86. The smallest absolute Gasteiger partial charge is 0.407 e. The van der Waals surface area contributed by atoms with Crippen LogP contribution in [0.4, 0.5) is 4.79 Å². The van der Waals surface area contributed by atoms with Gasteiger partial charge in [0.15, 0.2) is 5.12 Å². The number of thioether (sulfide) groups is 1. The van der Waals surface area contributed by atoms with Crippen LogP contribution in [0.5, 0.6) is 5.75 Å². The van der Waals surface area contributed by atoms with E-state index in [1.165, 1.54) is 11.8 Å². The second-order valence-electron chi connectivity index (χ2n) is 7.61. The highest BCUT2D eigenvalue weighted by molar-refractivity contribution is 8.13. The molecule has 1 amide bonds. The largest absolute Gasteiger partial charge is 0.492 e. The fourth-order valence-electron chi connectivity index (χ4n) is 2.76. The van der Waals surface area contributed by atoms with Gasteiger partial charge in [-0.2, -0.15) is 0 Å². The number of hydrogen-bond donors (Lipinski definition) is 1. The van der Waals surface area contributed by atoms with Gasteiger partial charge in [0, 0.05) is 0 Å². The minimum Gasteiger partial charge on any atom is -0.492 e. The number of rotatable bonds is 8. The van der Waals surface area contributed by atoms with Gasteiger partial charge in [0.2, 0.25) is 0 Å². The van der Waals surface area contributed by atoms with E-state index in [9.17, 15) is 9.59 Å². The predicted molar refractivity (Wildman–Crippen MR) is 118 cm³/mol. The quantitative estimate of drug-likeness (QED) is 0.627. The first-order chi connectivity index (χ1) is 13.8. The first-order valence-corrected chi connectivity index (χ1v) is 10.8. The number of carbonyl (C=O) groups is 2. The molecule has 1 atom stereocenters. The fraction of sp³-hybridized carbons (Fsp3) is 0.391. The molecular weight excluding hydrogens is 386 g/mol. The number of ether oxygens (including phenoxy) is 2. The van der Waals surface area contributed by atoms with Crippen molar-refractivity contribution < 1.29 is 19.1 Å². The summed E-state index contributed by atoms with van der Waals surface area (Å²) >= 11 is 1.26. The molecule has 0 aromatic heterocycles. The summed E-state index contributed by atoms with van der Waals surface area (Å²) in [5.74, 6) is 0.545. The zero-order chi connectivity index (χ0) is 21.3. The molecule has 2 rings (SSSR count). The summed E-state index contributed by atoms with van der Waals surface area (Å²) in [4.78, 5) is 24.0. The van der Waals surface area contributed by atoms with Crippen LogP contribution in [0, 0.1) is 0 Å². The molecule has 1 unspecified atom stereocenters. The maximum absolute atomic E-state index is 12.4. The van der Waals surface area contributed by atoms with Crippen molar-refractivity contribution in [2.45, 2.75) is 38.7 Å². The summed E-state index contributed by atoms with van der Waals surface area (Å²) in [6.45, 7) is 6.16. The van der Waals surface area contributed by atoms with Crippen molar-refractivity contribution >= 4 is 23.0 Å². The zero-order valence-corrected chi connectivity index (χ0v) is 18.3. The molecule has 0 aliphatic carbocycles. The van der Waals surface area contributed by atoms with Crippen molar-refractivity contribution in [1.29, 1.82) is 0 Å². The first-order valence-electron chi connectivity index (χ1n) is 9.60. The summed E-state index contributed by atoms with van der Waals surface area (Å²) in [5, 5.41) is 2.82. The van der Waals surface area contributed by atoms with Crippen LogP contribution in [-0.2, 0) is 16.0 Å². The molecule has 6 heteroatoms. The molecule has 1 N–H and O–H groups in total. The average Bonchev–Trinajstić information content (AvgIpc) is 2.69. The molecule has 0 heterocycles. The van der Waals surface area contributed by atoms with Gasteiger partial charge in [-0.25, -0.2) is 4.79 Å². The molecule has 0 fully saturated rings. The van der Waals surface area contributed by atoms with Crippen molar-refractivity contribution in [3.63, 3.8) is 0 Å². The fourth-order valence-corrected chi connectivity index (χ4v) is 3.26. The summed E-state index contributed by atoms with van der Waals surface area (Å²) in [7, 11) is 0. The lowest BCUT2D eigenvalue weighted by Crippen LogP contribution is -2.34. The molecule has 156 valence electrons. The van der Waals surface area contributed by atoms with Crippen LogP contribution in [0.15, 0.2) is 54.6 Å². The first kappa shape index (κ1) is 22.8. The third-order valence-corrected chi connectivity index (χ3v) is 4.78. The lowest BCUT2D eigenvalue weighted by molar-refractivity contribution is -0.112. The minimum absolute atomic E-state index is 0.157. The predicted octanol–water partition coefficient (Wildman–Crippen LogP) is 4.81. The molecule has 0 aliphatic heterocycles. The molecule has 0 radical (unpaired) electrons. The Kier molecular flexibility index (Phi) is 8.58. The van der Waals surface area contributed by atoms with Gasteiger partial charge in [-0.05, 0) is 56.7 Å². The number of benzene rings is 2. The van der Waals surface area contributed by atoms with Gasteiger partial charge in [0.1, 0.15) is 18.0 Å². The SMILES string of the molecule is CSC(=O)C(Cc1ccc(OCCNC(=O)OC(C)(C)C)cc1)c1ccccc1. The van der Waals surface area contributed by atoms with Gasteiger partial charge in [-0.3, -0.25) is 4.79 Å². The van der Waals surface area contributed by atoms with Crippen LogP contribution < -0.4 is 10.1 Å². The van der Waals surface area contributed by atoms with E-state index in [4.69, 9.17) is 9.47 Å². The number of amides is 1. The molecule has 5 nitrogen and oxygen atoms in total. The highest BCUT2D eigenvalue weighted by atomic mass is 32.2. The molecule has 0 saturated carbocycles. The molecule has 0 spiro atoms. The van der Waals surface area contributed by atoms with Gasteiger partial charge in [0.25, 0.3) is 0 Å². The Bertz CT molecular complexity index is 785. The van der Waals surface area contributed by atoms with E-state index in [0.29, 0.717) is 25.3 Å². The normalized spacial score (nSPS) is 12.1. The van der Waals surface area contributed by atoms with Gasteiger partial charge in [-0.1, -0.05) is 54.2 Å². The van der Waals surface area contributed by atoms with Gasteiger partial charge >= 0.3 is 6.09 Å². The lowest BCUT2D eigenvalue weighted by atomic mass is 9.93. The molecule has 0 bridgehead atoms. The van der Waals surface area contributed by atoms with Crippen LogP contribution in [0.3, 0.4) is 0 Å². The van der Waals surface area contributed by atoms with Crippen LogP contribution in [0.2, 0.25) is 0 Å². The minimum atomic E-state index is -0.518. The van der Waals surface area contributed by atoms with E-state index < -0.39 is 11.7 Å². The summed E-state index contributed by atoms with van der Waals surface area (Å²) < 4.78 is 10.8. The highest BCUT2D eigenvalue weighted by Crippen LogP contribution is 2.26. The molecule has 0 saturated heterocycles. The van der Waals surface area contributed by atoms with Crippen LogP contribution >= 0.6 is 11.8 Å². The van der Waals surface area contributed by atoms with Gasteiger partial charge < -0.3 is 14.8 Å². The van der Waals surface area contributed by atoms with Crippen LogP contribution in [0.1, 0.15) is 37.8 Å². The third kappa shape index (κ3) is 8.20. The van der Waals surface area contributed by atoms with E-state index in [2.05, 4.69) is 5.32 Å². The molecule has 2 aromatic carbocycles. The number of hydrogen-bond acceptors (Lipinski definition) is 5. The maximum atomic E-state index is 12.4. The van der Waals surface area contributed by atoms with E-state index >= 15 is 0 Å². The number of nitrogens with one attached hydrogen (secondary N) is 1. The van der Waals surface area contributed by atoms with Gasteiger partial charge in [-0.15, -0.1) is 0 Å². The Labute approximate surface area is 177 Å². The van der Waals surface area contributed by atoms with Crippen LogP contribution in [0.25, 0.3) is 0 Å². The van der Waals surface area contributed by atoms with Crippen molar-refractivity contribution in [3.05, 3.63) is 65.7 Å². The van der Waals surface area contributed by atoms with E-state index in [1.807, 2.05) is 81.6 Å². The van der Waals surface area contributed by atoms with Crippen LogP contribution in [-0.4, -0.2) is 36.2 Å². The Morgan fingerprint density at radius 3 is 2.28 bits per heavy atom. The van der Waals surface area contributed by atoms with E-state index in [1.54, 1.807) is 0 Å². The number of alkyl carbamates (subject to hydrolysis) is 1. The monoisotopic (exact) mass is 415 g/mol. The Morgan fingerprint density at radius 1 is 1.03 bits per heavy atom. The number of carbonyl (C=O) groups excluding carboxylic acids is 2. The molecule has 29 heavy (non-hydrogen) atoms. The average molecular weight is 416 g/mol. The van der Waals surface area contributed by atoms with Crippen molar-refractivity contribution in [2.24, 2.45) is 0 Å². The summed E-state index contributed by atoms with van der Waals surface area (Å²) in [6, 6.07) is 17.6. The van der Waals surface area contributed by atoms with E-state index in [-0.39, 0.29) is 11.0 Å². The maximum Gasteiger partial charge on any atom is 0.407 e. The molecular formula is C23H29NO4S. The molecule has 0 aliphatic rings. The summed E-state index contributed by atoms with van der Waals surface area (Å²) in [5.41, 5.74) is 1.58. The topological polar surface area (TPSA) is 64.6 Å². The summed E-state index contributed by atoms with van der Waals surface area (Å²) in [6.07, 6.45) is 2.01. The zero-order valence-electron chi connectivity index (χ0n) is 17.4. The van der Waals surface area contributed by atoms with E-state index in [0.717, 1.165) is 11.1 Å². The Morgan fingerprint density at radius 2 is 1.69 bits per heavy atom. The second-order valence-corrected chi connectivity index (χ2v) is 8.42. The standard InChI is InChI=1S/C23H29NO4S/c1-23(2,3)28-22(26)24-14-15-27-19-12-10-17(11-13-19)16-20(21(25)29-4)18-8-6-5-7-9-18/h5-13,20H,14-16H2,1-4H3,(H,24,26). The highest BCUT2D eigenvalue weighted by Gasteiger charge is 2.20. The lowest BCUT2D eigenvalue weighted by Gasteiger charge is -2.19. The van der Waals surface area contributed by atoms with Crippen molar-refractivity contribution in [1.82, 2.24) is 5.32 Å².